The van der Waals surface area contributed by atoms with E-state index in [0.717, 1.165) is 68.1 Å². The highest BCUT2D eigenvalue weighted by Gasteiger charge is 2.25. The summed E-state index contributed by atoms with van der Waals surface area (Å²) in [4.78, 5) is 6.78. The highest BCUT2D eigenvalue weighted by Crippen LogP contribution is 2.23. The summed E-state index contributed by atoms with van der Waals surface area (Å²) >= 11 is 0. The summed E-state index contributed by atoms with van der Waals surface area (Å²) in [6.07, 6.45) is 0.890. The van der Waals surface area contributed by atoms with Gasteiger partial charge in [-0.15, -0.1) is 0 Å². The second kappa shape index (κ2) is 11.0. The van der Waals surface area contributed by atoms with E-state index in [-0.39, 0.29) is 6.04 Å². The number of rotatable bonds is 8. The summed E-state index contributed by atoms with van der Waals surface area (Å²) in [7, 11) is 3.51. The molecular formula is C23H34N4O3. The predicted octanol–water partition coefficient (Wildman–Crippen LogP) is 2.69. The number of furan rings is 1. The Kier molecular flexibility index (Phi) is 8.16. The van der Waals surface area contributed by atoms with E-state index in [2.05, 4.69) is 51.7 Å². The van der Waals surface area contributed by atoms with Gasteiger partial charge in [0.15, 0.2) is 5.96 Å². The molecule has 3 rings (SSSR count). The van der Waals surface area contributed by atoms with E-state index in [1.54, 1.807) is 14.2 Å². The second-order valence-corrected chi connectivity index (χ2v) is 7.55. The van der Waals surface area contributed by atoms with Crippen molar-refractivity contribution < 1.29 is 13.9 Å². The highest BCUT2D eigenvalue weighted by molar-refractivity contribution is 5.79. The summed E-state index contributed by atoms with van der Waals surface area (Å²) in [6.45, 7) is 8.83. The minimum Gasteiger partial charge on any atom is -0.496 e. The van der Waals surface area contributed by atoms with Crippen LogP contribution in [0.2, 0.25) is 0 Å². The van der Waals surface area contributed by atoms with Gasteiger partial charge in [-0.2, -0.15) is 0 Å². The average Bonchev–Trinajstić information content (AvgIpc) is 3.20. The first kappa shape index (κ1) is 22.2. The molecular weight excluding hydrogens is 380 g/mol. The van der Waals surface area contributed by atoms with Gasteiger partial charge in [-0.05, 0) is 49.6 Å². The molecule has 0 amide bonds. The number of hydrogen-bond acceptors (Lipinski definition) is 5. The zero-order valence-corrected chi connectivity index (χ0v) is 18.5. The molecule has 1 aliphatic heterocycles. The zero-order chi connectivity index (χ0) is 21.3. The SMILES string of the molecule is CN=C(NCCc1ccc(C)c(OC)c1)NCC(c1ccc(C)o1)N1CCOCC1. The van der Waals surface area contributed by atoms with Crippen molar-refractivity contribution in [2.24, 2.45) is 4.99 Å². The Balaban J connectivity index is 1.54. The Bertz CT molecular complexity index is 828. The normalized spacial score (nSPS) is 16.3. The minimum atomic E-state index is 0.141. The van der Waals surface area contributed by atoms with Gasteiger partial charge in [-0.1, -0.05) is 12.1 Å². The summed E-state index contributed by atoms with van der Waals surface area (Å²) in [5, 5.41) is 6.87. The van der Waals surface area contributed by atoms with Crippen molar-refractivity contribution in [3.8, 4) is 5.75 Å². The molecule has 1 aromatic heterocycles. The van der Waals surface area contributed by atoms with Crippen LogP contribution in [0.25, 0.3) is 0 Å². The van der Waals surface area contributed by atoms with Crippen molar-refractivity contribution >= 4 is 5.96 Å². The van der Waals surface area contributed by atoms with Crippen LogP contribution in [-0.4, -0.2) is 64.4 Å². The average molecular weight is 415 g/mol. The van der Waals surface area contributed by atoms with Gasteiger partial charge >= 0.3 is 0 Å². The van der Waals surface area contributed by atoms with Gasteiger partial charge in [0.05, 0.1) is 26.4 Å². The van der Waals surface area contributed by atoms with Crippen molar-refractivity contribution in [1.82, 2.24) is 15.5 Å². The molecule has 2 aromatic rings. The number of hydrogen-bond donors (Lipinski definition) is 2. The molecule has 1 unspecified atom stereocenters. The lowest BCUT2D eigenvalue weighted by Gasteiger charge is -2.33. The molecule has 30 heavy (non-hydrogen) atoms. The molecule has 0 bridgehead atoms. The van der Waals surface area contributed by atoms with Crippen LogP contribution in [0, 0.1) is 13.8 Å². The van der Waals surface area contributed by atoms with Crippen LogP contribution < -0.4 is 15.4 Å². The van der Waals surface area contributed by atoms with E-state index >= 15 is 0 Å². The third-order valence-electron chi connectivity index (χ3n) is 5.44. The van der Waals surface area contributed by atoms with Crippen molar-refractivity contribution in [2.75, 3.05) is 53.6 Å². The zero-order valence-electron chi connectivity index (χ0n) is 18.5. The van der Waals surface area contributed by atoms with E-state index < -0.39 is 0 Å². The first-order valence-electron chi connectivity index (χ1n) is 10.6. The largest absolute Gasteiger partial charge is 0.496 e. The third kappa shape index (κ3) is 6.00. The van der Waals surface area contributed by atoms with Crippen LogP contribution >= 0.6 is 0 Å². The molecule has 164 valence electrons. The molecule has 0 aliphatic carbocycles. The summed E-state index contributed by atoms with van der Waals surface area (Å²) in [5.74, 6) is 3.62. The Morgan fingerprint density at radius 2 is 1.97 bits per heavy atom. The highest BCUT2D eigenvalue weighted by atomic mass is 16.5. The molecule has 2 N–H and O–H groups in total. The molecule has 1 saturated heterocycles. The third-order valence-corrected chi connectivity index (χ3v) is 5.44. The van der Waals surface area contributed by atoms with Crippen LogP contribution in [0.3, 0.4) is 0 Å². The van der Waals surface area contributed by atoms with Crippen LogP contribution in [0.4, 0.5) is 0 Å². The number of morpholine rings is 1. The van der Waals surface area contributed by atoms with Crippen molar-refractivity contribution in [3.05, 3.63) is 53.0 Å². The van der Waals surface area contributed by atoms with E-state index in [1.807, 2.05) is 13.0 Å². The van der Waals surface area contributed by atoms with Gasteiger partial charge in [0.2, 0.25) is 0 Å². The monoisotopic (exact) mass is 414 g/mol. The van der Waals surface area contributed by atoms with E-state index in [4.69, 9.17) is 13.9 Å². The van der Waals surface area contributed by atoms with Crippen LogP contribution in [0.5, 0.6) is 5.75 Å². The summed E-state index contributed by atoms with van der Waals surface area (Å²) in [5.41, 5.74) is 2.38. The molecule has 1 aromatic carbocycles. The molecule has 7 heteroatoms. The fraction of sp³-hybridized carbons (Fsp3) is 0.522. The molecule has 7 nitrogen and oxygen atoms in total. The van der Waals surface area contributed by atoms with Gasteiger partial charge in [0.25, 0.3) is 0 Å². The van der Waals surface area contributed by atoms with E-state index in [9.17, 15) is 0 Å². The Hall–Kier alpha value is -2.51. The lowest BCUT2D eigenvalue weighted by Crippen LogP contribution is -2.46. The maximum absolute atomic E-state index is 5.94. The molecule has 0 spiro atoms. The summed E-state index contributed by atoms with van der Waals surface area (Å²) in [6, 6.07) is 10.6. The van der Waals surface area contributed by atoms with Gasteiger partial charge in [0.1, 0.15) is 17.3 Å². The second-order valence-electron chi connectivity index (χ2n) is 7.55. The smallest absolute Gasteiger partial charge is 0.191 e. The fourth-order valence-electron chi connectivity index (χ4n) is 3.69. The number of guanidine groups is 1. The Morgan fingerprint density at radius 1 is 1.17 bits per heavy atom. The van der Waals surface area contributed by atoms with Crippen molar-refractivity contribution in [3.63, 3.8) is 0 Å². The van der Waals surface area contributed by atoms with Crippen LogP contribution in [0.15, 0.2) is 39.7 Å². The lowest BCUT2D eigenvalue weighted by atomic mass is 10.1. The minimum absolute atomic E-state index is 0.141. The van der Waals surface area contributed by atoms with E-state index in [1.165, 1.54) is 5.56 Å². The van der Waals surface area contributed by atoms with E-state index in [0.29, 0.717) is 6.54 Å². The topological polar surface area (TPSA) is 71.3 Å². The Morgan fingerprint density at radius 3 is 2.63 bits per heavy atom. The Labute approximate surface area is 179 Å². The first-order valence-corrected chi connectivity index (χ1v) is 10.6. The van der Waals surface area contributed by atoms with Gasteiger partial charge in [-0.25, -0.2) is 0 Å². The molecule has 0 radical (unpaired) electrons. The number of aliphatic imine (C=N–C) groups is 1. The number of methoxy groups -OCH3 is 1. The maximum atomic E-state index is 5.94. The first-order chi connectivity index (χ1) is 14.6. The maximum Gasteiger partial charge on any atom is 0.191 e. The number of benzene rings is 1. The quantitative estimate of drug-likeness (QED) is 0.511. The number of ether oxygens (including phenoxy) is 2. The van der Waals surface area contributed by atoms with Gasteiger partial charge in [0, 0.05) is 33.2 Å². The molecule has 2 heterocycles. The molecule has 1 atom stereocenters. The van der Waals surface area contributed by atoms with Crippen LogP contribution in [0.1, 0.15) is 28.7 Å². The van der Waals surface area contributed by atoms with Gasteiger partial charge < -0.3 is 24.5 Å². The molecule has 1 aliphatic rings. The standard InChI is InChI=1S/C23H34N4O3/c1-17-5-7-19(15-22(17)28-4)9-10-25-23(24-3)26-16-20(21-8-6-18(2)30-21)27-11-13-29-14-12-27/h5-8,15,20H,9-14,16H2,1-4H3,(H2,24,25,26). The fourth-order valence-corrected chi connectivity index (χ4v) is 3.69. The van der Waals surface area contributed by atoms with Crippen LogP contribution in [-0.2, 0) is 11.2 Å². The summed E-state index contributed by atoms with van der Waals surface area (Å²) < 4.78 is 16.9. The number of nitrogens with zero attached hydrogens (tertiary/aromatic N) is 2. The molecule has 0 saturated carbocycles. The predicted molar refractivity (Wildman–Crippen MR) is 119 cm³/mol. The lowest BCUT2D eigenvalue weighted by molar-refractivity contribution is 0.0124. The van der Waals surface area contributed by atoms with Gasteiger partial charge in [-0.3, -0.25) is 9.89 Å². The molecule has 1 fully saturated rings. The number of aryl methyl sites for hydroxylation is 2. The van der Waals surface area contributed by atoms with Crippen molar-refractivity contribution in [2.45, 2.75) is 26.3 Å². The number of nitrogens with one attached hydrogen (secondary N) is 2. The van der Waals surface area contributed by atoms with Crippen molar-refractivity contribution in [1.29, 1.82) is 0 Å².